The lowest BCUT2D eigenvalue weighted by molar-refractivity contribution is -0.131. The fourth-order valence-electron chi connectivity index (χ4n) is 0.846. The zero-order valence-corrected chi connectivity index (χ0v) is 6.87. The zero-order valence-electron chi connectivity index (χ0n) is 6.87. The van der Waals surface area contributed by atoms with E-state index in [1.807, 2.05) is 0 Å². The van der Waals surface area contributed by atoms with E-state index in [0.29, 0.717) is 6.08 Å². The van der Waals surface area contributed by atoms with Crippen LogP contribution in [0, 0.1) is 11.6 Å². The van der Waals surface area contributed by atoms with Crippen molar-refractivity contribution in [3.8, 4) is 5.75 Å². The highest BCUT2D eigenvalue weighted by Crippen LogP contribution is 2.23. The van der Waals surface area contributed by atoms with Crippen LogP contribution >= 0.6 is 0 Å². The van der Waals surface area contributed by atoms with Gasteiger partial charge in [-0.25, -0.2) is 13.6 Å². The molecule has 74 valence electrons. The molecule has 0 atom stereocenters. The summed E-state index contributed by atoms with van der Waals surface area (Å²) in [6, 6.07) is 1.88. The van der Waals surface area contributed by atoms with Gasteiger partial charge in [-0.1, -0.05) is 0 Å². The highest BCUT2D eigenvalue weighted by Gasteiger charge is 2.10. The van der Waals surface area contributed by atoms with Crippen molar-refractivity contribution in [3.63, 3.8) is 0 Å². The number of hydrogen-bond acceptors (Lipinski definition) is 2. The Morgan fingerprint density at radius 2 is 2.00 bits per heavy atom. The normalized spacial score (nSPS) is 10.7. The first-order valence-electron chi connectivity index (χ1n) is 3.60. The predicted molar refractivity (Wildman–Crippen MR) is 44.7 cm³/mol. The van der Waals surface area contributed by atoms with E-state index in [1.165, 1.54) is 0 Å². The van der Waals surface area contributed by atoms with E-state index in [9.17, 15) is 13.6 Å². The molecule has 0 aliphatic carbocycles. The molecule has 5 heteroatoms. The number of rotatable bonds is 2. The highest BCUT2D eigenvalue weighted by atomic mass is 19.1. The monoisotopic (exact) mass is 200 g/mol. The summed E-state index contributed by atoms with van der Waals surface area (Å²) in [5.74, 6) is -4.64. The van der Waals surface area contributed by atoms with E-state index in [4.69, 9.17) is 10.2 Å². The molecule has 0 amide bonds. The molecule has 14 heavy (non-hydrogen) atoms. The number of halogens is 2. The Bertz CT molecular complexity index is 399. The second-order valence-corrected chi connectivity index (χ2v) is 2.47. The number of phenols is 1. The number of carboxylic acid groups (broad SMARTS) is 1. The van der Waals surface area contributed by atoms with Crippen LogP contribution in [0.1, 0.15) is 5.56 Å². The fourth-order valence-corrected chi connectivity index (χ4v) is 0.846. The molecular weight excluding hydrogens is 194 g/mol. The van der Waals surface area contributed by atoms with Crippen molar-refractivity contribution >= 4 is 12.0 Å². The SMILES string of the molecule is O=C(O)/C=C/c1ccc(F)c(O)c1F. The molecular formula is C9H6F2O3. The van der Waals surface area contributed by atoms with Gasteiger partial charge in [-0.3, -0.25) is 0 Å². The van der Waals surface area contributed by atoms with Gasteiger partial charge in [0.2, 0.25) is 0 Å². The van der Waals surface area contributed by atoms with Crippen LogP contribution in [0.3, 0.4) is 0 Å². The van der Waals surface area contributed by atoms with Gasteiger partial charge in [-0.05, 0) is 18.2 Å². The van der Waals surface area contributed by atoms with Crippen LogP contribution in [0.5, 0.6) is 5.75 Å². The molecule has 0 saturated heterocycles. The number of aromatic hydroxyl groups is 1. The van der Waals surface area contributed by atoms with Crippen LogP contribution in [-0.2, 0) is 4.79 Å². The minimum absolute atomic E-state index is 0.189. The fraction of sp³-hybridized carbons (Fsp3) is 0. The molecule has 0 bridgehead atoms. The van der Waals surface area contributed by atoms with E-state index < -0.39 is 23.4 Å². The van der Waals surface area contributed by atoms with E-state index in [0.717, 1.165) is 18.2 Å². The van der Waals surface area contributed by atoms with E-state index in [-0.39, 0.29) is 5.56 Å². The van der Waals surface area contributed by atoms with Crippen molar-refractivity contribution in [2.75, 3.05) is 0 Å². The van der Waals surface area contributed by atoms with Crippen LogP contribution in [0.2, 0.25) is 0 Å². The minimum atomic E-state index is -1.26. The van der Waals surface area contributed by atoms with Crippen LogP contribution in [0.15, 0.2) is 18.2 Å². The molecule has 0 aliphatic rings. The lowest BCUT2D eigenvalue weighted by atomic mass is 10.2. The number of aliphatic carboxylic acids is 1. The summed E-state index contributed by atoms with van der Waals surface area (Å²) in [5.41, 5.74) is -0.189. The van der Waals surface area contributed by atoms with Crippen molar-refractivity contribution < 1.29 is 23.8 Å². The average molecular weight is 200 g/mol. The molecule has 0 aromatic heterocycles. The summed E-state index contributed by atoms with van der Waals surface area (Å²) in [7, 11) is 0. The number of hydrogen-bond donors (Lipinski definition) is 2. The largest absolute Gasteiger partial charge is 0.503 e. The van der Waals surface area contributed by atoms with Crippen molar-refractivity contribution in [2.24, 2.45) is 0 Å². The summed E-state index contributed by atoms with van der Waals surface area (Å²) in [4.78, 5) is 10.1. The van der Waals surface area contributed by atoms with E-state index in [2.05, 4.69) is 0 Å². The van der Waals surface area contributed by atoms with Gasteiger partial charge >= 0.3 is 5.97 Å². The molecule has 0 heterocycles. The van der Waals surface area contributed by atoms with Gasteiger partial charge in [0, 0.05) is 11.6 Å². The second-order valence-electron chi connectivity index (χ2n) is 2.47. The first-order chi connectivity index (χ1) is 6.52. The van der Waals surface area contributed by atoms with Crippen LogP contribution in [0.4, 0.5) is 8.78 Å². The minimum Gasteiger partial charge on any atom is -0.503 e. The van der Waals surface area contributed by atoms with Crippen LogP contribution in [0.25, 0.3) is 6.08 Å². The van der Waals surface area contributed by atoms with Gasteiger partial charge in [-0.15, -0.1) is 0 Å². The molecule has 3 nitrogen and oxygen atoms in total. The first-order valence-corrected chi connectivity index (χ1v) is 3.60. The molecule has 0 aliphatic heterocycles. The molecule has 0 saturated carbocycles. The third-order valence-electron chi connectivity index (χ3n) is 1.50. The standard InChI is InChI=1S/C9H6F2O3/c10-6-3-1-5(2-4-7(12)13)8(11)9(6)14/h1-4,14H,(H,12,13)/b4-2+. The van der Waals surface area contributed by atoms with E-state index in [1.54, 1.807) is 0 Å². The molecule has 2 N–H and O–H groups in total. The molecule has 1 aromatic rings. The molecule has 1 aromatic carbocycles. The van der Waals surface area contributed by atoms with Gasteiger partial charge in [-0.2, -0.15) is 0 Å². The van der Waals surface area contributed by atoms with Crippen molar-refractivity contribution in [1.29, 1.82) is 0 Å². The molecule has 0 spiro atoms. The zero-order chi connectivity index (χ0) is 10.7. The quantitative estimate of drug-likeness (QED) is 0.715. The van der Waals surface area contributed by atoms with Gasteiger partial charge in [0.15, 0.2) is 17.4 Å². The maximum Gasteiger partial charge on any atom is 0.328 e. The number of carboxylic acids is 1. The third-order valence-corrected chi connectivity index (χ3v) is 1.50. The van der Waals surface area contributed by atoms with Crippen molar-refractivity contribution in [3.05, 3.63) is 35.4 Å². The van der Waals surface area contributed by atoms with Gasteiger partial charge in [0.05, 0.1) is 0 Å². The first kappa shape index (κ1) is 10.2. The Morgan fingerprint density at radius 1 is 1.36 bits per heavy atom. The molecule has 0 fully saturated rings. The lowest BCUT2D eigenvalue weighted by Crippen LogP contribution is -1.89. The molecule has 0 radical (unpaired) electrons. The Labute approximate surface area is 77.9 Å². The maximum absolute atomic E-state index is 13.0. The Hall–Kier alpha value is -1.91. The lowest BCUT2D eigenvalue weighted by Gasteiger charge is -1.99. The maximum atomic E-state index is 13.0. The number of benzene rings is 1. The van der Waals surface area contributed by atoms with Gasteiger partial charge in [0.25, 0.3) is 0 Å². The average Bonchev–Trinajstić information content (AvgIpc) is 2.13. The summed E-state index contributed by atoms with van der Waals surface area (Å²) in [5, 5.41) is 17.1. The summed E-state index contributed by atoms with van der Waals surface area (Å²) >= 11 is 0. The van der Waals surface area contributed by atoms with Crippen LogP contribution < -0.4 is 0 Å². The topological polar surface area (TPSA) is 57.5 Å². The summed E-state index contributed by atoms with van der Waals surface area (Å²) in [6.07, 6.45) is 1.62. The van der Waals surface area contributed by atoms with Gasteiger partial charge < -0.3 is 10.2 Å². The molecule has 0 unspecified atom stereocenters. The Kier molecular flexibility index (Phi) is 2.81. The van der Waals surface area contributed by atoms with Gasteiger partial charge in [0.1, 0.15) is 0 Å². The Morgan fingerprint density at radius 3 is 2.57 bits per heavy atom. The summed E-state index contributed by atoms with van der Waals surface area (Å²) in [6.45, 7) is 0. The van der Waals surface area contributed by atoms with Crippen molar-refractivity contribution in [1.82, 2.24) is 0 Å². The van der Waals surface area contributed by atoms with Crippen LogP contribution in [-0.4, -0.2) is 16.2 Å². The Balaban J connectivity index is 3.12. The highest BCUT2D eigenvalue weighted by molar-refractivity contribution is 5.85. The smallest absolute Gasteiger partial charge is 0.328 e. The second kappa shape index (κ2) is 3.87. The number of phenolic OH excluding ortho intramolecular Hbond substituents is 1. The van der Waals surface area contributed by atoms with Crippen molar-refractivity contribution in [2.45, 2.75) is 0 Å². The number of carbonyl (C=O) groups is 1. The third kappa shape index (κ3) is 2.07. The van der Waals surface area contributed by atoms with E-state index >= 15 is 0 Å². The molecule has 1 rings (SSSR count). The summed E-state index contributed by atoms with van der Waals surface area (Å²) < 4.78 is 25.5. The predicted octanol–water partition coefficient (Wildman–Crippen LogP) is 1.77.